The van der Waals surface area contributed by atoms with E-state index in [0.29, 0.717) is 16.0 Å². The van der Waals surface area contributed by atoms with E-state index in [2.05, 4.69) is 11.6 Å². The number of amides is 1. The van der Waals surface area contributed by atoms with E-state index in [4.69, 9.17) is 16.3 Å². The second-order valence-electron chi connectivity index (χ2n) is 5.44. The Labute approximate surface area is 135 Å². The highest BCUT2D eigenvalue weighted by molar-refractivity contribution is 7.99. The van der Waals surface area contributed by atoms with Crippen molar-refractivity contribution < 1.29 is 9.53 Å². The molecule has 3 unspecified atom stereocenters. The van der Waals surface area contributed by atoms with E-state index in [9.17, 15) is 4.79 Å². The van der Waals surface area contributed by atoms with Crippen LogP contribution in [0.15, 0.2) is 24.3 Å². The molecule has 21 heavy (non-hydrogen) atoms. The van der Waals surface area contributed by atoms with Gasteiger partial charge in [0.2, 0.25) is 0 Å². The van der Waals surface area contributed by atoms with Gasteiger partial charge < -0.3 is 10.1 Å². The van der Waals surface area contributed by atoms with Gasteiger partial charge in [0.25, 0.3) is 5.91 Å². The number of halogens is 1. The standard InChI is InChI=1S/C16H22ClNO2S/c1-11(20-14-8-6-12(17)7-9-14)16(19)18-13-4-3-5-15(10-13)21-2/h6-9,11,13,15H,3-5,10H2,1-2H3,(H,18,19). The number of thioether (sulfide) groups is 1. The van der Waals surface area contributed by atoms with E-state index in [0.717, 1.165) is 12.8 Å². The smallest absolute Gasteiger partial charge is 0.260 e. The summed E-state index contributed by atoms with van der Waals surface area (Å²) in [6.07, 6.45) is 6.20. The Morgan fingerprint density at radius 3 is 2.76 bits per heavy atom. The zero-order chi connectivity index (χ0) is 15.2. The van der Waals surface area contributed by atoms with Crippen LogP contribution in [0.25, 0.3) is 0 Å². The van der Waals surface area contributed by atoms with Gasteiger partial charge in [-0.3, -0.25) is 4.79 Å². The molecule has 0 radical (unpaired) electrons. The van der Waals surface area contributed by atoms with Gasteiger partial charge in [0.05, 0.1) is 0 Å². The fraction of sp³-hybridized carbons (Fsp3) is 0.562. The van der Waals surface area contributed by atoms with Crippen molar-refractivity contribution >= 4 is 29.3 Å². The molecule has 1 aromatic rings. The molecular formula is C16H22ClNO2S. The molecule has 1 N–H and O–H groups in total. The number of carbonyl (C=O) groups excluding carboxylic acids is 1. The summed E-state index contributed by atoms with van der Waals surface area (Å²) in [5.41, 5.74) is 0. The first kappa shape index (κ1) is 16.5. The molecule has 1 aromatic carbocycles. The summed E-state index contributed by atoms with van der Waals surface area (Å²) in [7, 11) is 0. The van der Waals surface area contributed by atoms with Crippen LogP contribution in [-0.2, 0) is 4.79 Å². The molecule has 1 aliphatic carbocycles. The van der Waals surface area contributed by atoms with Gasteiger partial charge in [0.1, 0.15) is 5.75 Å². The number of benzene rings is 1. The Hall–Kier alpha value is -0.870. The van der Waals surface area contributed by atoms with Gasteiger partial charge in [0, 0.05) is 16.3 Å². The van der Waals surface area contributed by atoms with Gasteiger partial charge in [-0.15, -0.1) is 0 Å². The molecule has 3 nitrogen and oxygen atoms in total. The first-order valence-electron chi connectivity index (χ1n) is 7.34. The Morgan fingerprint density at radius 2 is 2.10 bits per heavy atom. The molecule has 0 saturated heterocycles. The van der Waals surface area contributed by atoms with Gasteiger partial charge >= 0.3 is 0 Å². The van der Waals surface area contributed by atoms with Gasteiger partial charge in [-0.05, 0) is 56.7 Å². The minimum Gasteiger partial charge on any atom is -0.481 e. The highest BCUT2D eigenvalue weighted by Gasteiger charge is 2.24. The van der Waals surface area contributed by atoms with Crippen LogP contribution < -0.4 is 10.1 Å². The van der Waals surface area contributed by atoms with Crippen LogP contribution >= 0.6 is 23.4 Å². The summed E-state index contributed by atoms with van der Waals surface area (Å²) in [6.45, 7) is 1.78. The van der Waals surface area contributed by atoms with Crippen molar-refractivity contribution in [2.75, 3.05) is 6.26 Å². The monoisotopic (exact) mass is 327 g/mol. The van der Waals surface area contributed by atoms with Crippen molar-refractivity contribution in [1.82, 2.24) is 5.32 Å². The minimum atomic E-state index is -0.499. The fourth-order valence-corrected chi connectivity index (χ4v) is 3.53. The number of hydrogen-bond donors (Lipinski definition) is 1. The van der Waals surface area contributed by atoms with Crippen molar-refractivity contribution in [1.29, 1.82) is 0 Å². The van der Waals surface area contributed by atoms with Gasteiger partial charge in [0.15, 0.2) is 6.10 Å². The zero-order valence-corrected chi connectivity index (χ0v) is 14.0. The average Bonchev–Trinajstić information content (AvgIpc) is 2.49. The Morgan fingerprint density at radius 1 is 1.38 bits per heavy atom. The second kappa shape index (κ2) is 7.95. The van der Waals surface area contributed by atoms with Crippen LogP contribution in [0.5, 0.6) is 5.75 Å². The molecule has 1 aliphatic rings. The van der Waals surface area contributed by atoms with Crippen molar-refractivity contribution in [3.8, 4) is 5.75 Å². The number of hydrogen-bond acceptors (Lipinski definition) is 3. The number of rotatable bonds is 5. The quantitative estimate of drug-likeness (QED) is 0.891. The van der Waals surface area contributed by atoms with Crippen LogP contribution in [0.4, 0.5) is 0 Å². The molecule has 1 amide bonds. The predicted molar refractivity (Wildman–Crippen MR) is 89.2 cm³/mol. The second-order valence-corrected chi connectivity index (χ2v) is 7.02. The van der Waals surface area contributed by atoms with Crippen molar-refractivity contribution in [3.05, 3.63) is 29.3 Å². The first-order valence-corrected chi connectivity index (χ1v) is 9.00. The summed E-state index contributed by atoms with van der Waals surface area (Å²) < 4.78 is 5.65. The molecule has 0 spiro atoms. The van der Waals surface area contributed by atoms with E-state index in [1.165, 1.54) is 12.8 Å². The van der Waals surface area contributed by atoms with E-state index >= 15 is 0 Å². The highest BCUT2D eigenvalue weighted by Crippen LogP contribution is 2.27. The summed E-state index contributed by atoms with van der Waals surface area (Å²) in [4.78, 5) is 12.2. The fourth-order valence-electron chi connectivity index (χ4n) is 2.58. The van der Waals surface area contributed by atoms with Crippen LogP contribution in [0.3, 0.4) is 0 Å². The summed E-state index contributed by atoms with van der Waals surface area (Å²) >= 11 is 7.72. The Kier molecular flexibility index (Phi) is 6.24. The molecule has 3 atom stereocenters. The van der Waals surface area contributed by atoms with Gasteiger partial charge in [-0.2, -0.15) is 11.8 Å². The topological polar surface area (TPSA) is 38.3 Å². The SMILES string of the molecule is CSC1CCCC(NC(=O)C(C)Oc2ccc(Cl)cc2)C1. The van der Waals surface area contributed by atoms with E-state index in [1.807, 2.05) is 11.8 Å². The highest BCUT2D eigenvalue weighted by atomic mass is 35.5. The summed E-state index contributed by atoms with van der Waals surface area (Å²) in [5.74, 6) is 0.615. The molecule has 0 aliphatic heterocycles. The van der Waals surface area contributed by atoms with Crippen LogP contribution in [0.1, 0.15) is 32.6 Å². The zero-order valence-electron chi connectivity index (χ0n) is 12.5. The number of nitrogens with one attached hydrogen (secondary N) is 1. The number of carbonyl (C=O) groups is 1. The summed E-state index contributed by atoms with van der Waals surface area (Å²) in [6, 6.07) is 7.34. The molecule has 0 aromatic heterocycles. The Balaban J connectivity index is 1.83. The normalized spacial score (nSPS) is 23.4. The van der Waals surface area contributed by atoms with Crippen LogP contribution in [0, 0.1) is 0 Å². The third kappa shape index (κ3) is 5.11. The lowest BCUT2D eigenvalue weighted by atomic mass is 9.95. The van der Waals surface area contributed by atoms with Crippen molar-refractivity contribution in [2.45, 2.75) is 50.0 Å². The Bertz CT molecular complexity index is 466. The third-order valence-corrected chi connectivity index (χ3v) is 5.15. The van der Waals surface area contributed by atoms with Crippen LogP contribution in [0.2, 0.25) is 5.02 Å². The lowest BCUT2D eigenvalue weighted by Crippen LogP contribution is -2.44. The van der Waals surface area contributed by atoms with Gasteiger partial charge in [-0.25, -0.2) is 0 Å². The molecular weight excluding hydrogens is 306 g/mol. The molecule has 0 bridgehead atoms. The molecule has 2 rings (SSSR count). The summed E-state index contributed by atoms with van der Waals surface area (Å²) in [5, 5.41) is 4.43. The van der Waals surface area contributed by atoms with Crippen molar-refractivity contribution in [2.24, 2.45) is 0 Å². The third-order valence-electron chi connectivity index (χ3n) is 3.80. The van der Waals surface area contributed by atoms with E-state index in [-0.39, 0.29) is 11.9 Å². The van der Waals surface area contributed by atoms with E-state index < -0.39 is 6.10 Å². The molecule has 0 heterocycles. The minimum absolute atomic E-state index is 0.0447. The molecule has 1 saturated carbocycles. The van der Waals surface area contributed by atoms with E-state index in [1.54, 1.807) is 31.2 Å². The average molecular weight is 328 g/mol. The van der Waals surface area contributed by atoms with Crippen LogP contribution in [-0.4, -0.2) is 29.6 Å². The molecule has 1 fully saturated rings. The predicted octanol–water partition coefficient (Wildman–Crippen LogP) is 3.90. The first-order chi connectivity index (χ1) is 10.1. The molecule has 116 valence electrons. The lowest BCUT2D eigenvalue weighted by Gasteiger charge is -2.29. The lowest BCUT2D eigenvalue weighted by molar-refractivity contribution is -0.128. The maximum Gasteiger partial charge on any atom is 0.260 e. The maximum atomic E-state index is 12.2. The molecule has 5 heteroatoms. The van der Waals surface area contributed by atoms with Gasteiger partial charge in [-0.1, -0.05) is 18.0 Å². The van der Waals surface area contributed by atoms with Crippen molar-refractivity contribution in [3.63, 3.8) is 0 Å². The number of ether oxygens (including phenoxy) is 1. The largest absolute Gasteiger partial charge is 0.481 e. The maximum absolute atomic E-state index is 12.2.